The van der Waals surface area contributed by atoms with Crippen molar-refractivity contribution in [2.45, 2.75) is 52.6 Å². The van der Waals surface area contributed by atoms with Crippen molar-refractivity contribution in [3.05, 3.63) is 54.1 Å². The van der Waals surface area contributed by atoms with E-state index in [4.69, 9.17) is 0 Å². The highest BCUT2D eigenvalue weighted by atomic mass is 15.2. The summed E-state index contributed by atoms with van der Waals surface area (Å²) in [7, 11) is 1.82. The van der Waals surface area contributed by atoms with Crippen LogP contribution in [-0.2, 0) is 13.0 Å². The first-order valence-corrected chi connectivity index (χ1v) is 9.59. The molecule has 1 unspecified atom stereocenters. The molecule has 5 nitrogen and oxygen atoms in total. The predicted octanol–water partition coefficient (Wildman–Crippen LogP) is 3.46. The maximum Gasteiger partial charge on any atom is 0.191 e. The Labute approximate surface area is 158 Å². The minimum Gasteiger partial charge on any atom is -0.356 e. The average Bonchev–Trinajstić information content (AvgIpc) is 3.07. The normalized spacial score (nSPS) is 13.0. The van der Waals surface area contributed by atoms with E-state index < -0.39 is 0 Å². The molecule has 0 saturated heterocycles. The molecule has 5 heteroatoms. The molecule has 0 saturated carbocycles. The van der Waals surface area contributed by atoms with Crippen molar-refractivity contribution in [2.24, 2.45) is 10.9 Å². The van der Waals surface area contributed by atoms with Crippen LogP contribution in [0.3, 0.4) is 0 Å². The van der Waals surface area contributed by atoms with Gasteiger partial charge in [-0.05, 0) is 31.2 Å². The lowest BCUT2D eigenvalue weighted by Crippen LogP contribution is -2.43. The van der Waals surface area contributed by atoms with Gasteiger partial charge in [-0.25, -0.2) is 4.98 Å². The van der Waals surface area contributed by atoms with Crippen LogP contribution < -0.4 is 10.6 Å². The molecule has 0 aliphatic carbocycles. The van der Waals surface area contributed by atoms with Crippen LogP contribution in [0.5, 0.6) is 0 Å². The molecule has 0 aliphatic heterocycles. The number of benzene rings is 1. The zero-order chi connectivity index (χ0) is 18.8. The molecule has 1 aromatic carbocycles. The van der Waals surface area contributed by atoms with Crippen LogP contribution in [0, 0.1) is 5.92 Å². The maximum absolute atomic E-state index is 4.51. The molecule has 2 aromatic rings. The van der Waals surface area contributed by atoms with E-state index in [9.17, 15) is 0 Å². The van der Waals surface area contributed by atoms with Crippen molar-refractivity contribution in [3.63, 3.8) is 0 Å². The van der Waals surface area contributed by atoms with Crippen LogP contribution in [-0.4, -0.2) is 35.1 Å². The Morgan fingerprint density at radius 2 is 1.92 bits per heavy atom. The molecule has 0 amide bonds. The third kappa shape index (κ3) is 6.90. The molecule has 2 N–H and O–H groups in total. The number of hydrogen-bond donors (Lipinski definition) is 2. The van der Waals surface area contributed by atoms with E-state index in [0.29, 0.717) is 6.04 Å². The molecule has 0 fully saturated rings. The van der Waals surface area contributed by atoms with Crippen molar-refractivity contribution in [1.82, 2.24) is 20.2 Å². The van der Waals surface area contributed by atoms with Crippen LogP contribution >= 0.6 is 0 Å². The largest absolute Gasteiger partial charge is 0.356 e. The smallest absolute Gasteiger partial charge is 0.191 e. The van der Waals surface area contributed by atoms with Crippen molar-refractivity contribution < 1.29 is 0 Å². The second kappa shape index (κ2) is 10.6. The van der Waals surface area contributed by atoms with E-state index in [1.807, 2.05) is 25.5 Å². The number of hydrogen-bond acceptors (Lipinski definition) is 2. The van der Waals surface area contributed by atoms with Gasteiger partial charge in [-0.15, -0.1) is 0 Å². The fraction of sp³-hybridized carbons (Fsp3) is 0.524. The third-order valence-corrected chi connectivity index (χ3v) is 4.42. The van der Waals surface area contributed by atoms with E-state index >= 15 is 0 Å². The van der Waals surface area contributed by atoms with Crippen LogP contribution in [0.15, 0.2) is 47.7 Å². The zero-order valence-corrected chi connectivity index (χ0v) is 16.6. The molecule has 1 atom stereocenters. The Morgan fingerprint density at radius 1 is 1.15 bits per heavy atom. The SMILES string of the molecule is CN=C(NCCc1nccn1Cc1ccccc1)NC(C)CCC(C)C. The number of nitrogens with one attached hydrogen (secondary N) is 2. The summed E-state index contributed by atoms with van der Waals surface area (Å²) >= 11 is 0. The summed E-state index contributed by atoms with van der Waals surface area (Å²) in [6, 6.07) is 10.9. The number of aromatic nitrogens is 2. The number of imidazole rings is 1. The zero-order valence-electron chi connectivity index (χ0n) is 16.6. The Hall–Kier alpha value is -2.30. The molecule has 26 heavy (non-hydrogen) atoms. The van der Waals surface area contributed by atoms with Gasteiger partial charge in [0.2, 0.25) is 0 Å². The van der Waals surface area contributed by atoms with Crippen LogP contribution in [0.2, 0.25) is 0 Å². The Morgan fingerprint density at radius 3 is 2.62 bits per heavy atom. The second-order valence-corrected chi connectivity index (χ2v) is 7.22. The summed E-state index contributed by atoms with van der Waals surface area (Å²) in [4.78, 5) is 8.84. The summed E-state index contributed by atoms with van der Waals surface area (Å²) in [5, 5.41) is 6.87. The van der Waals surface area contributed by atoms with E-state index in [-0.39, 0.29) is 0 Å². The first-order chi connectivity index (χ1) is 12.6. The van der Waals surface area contributed by atoms with Gasteiger partial charge in [-0.1, -0.05) is 44.2 Å². The number of rotatable bonds is 9. The second-order valence-electron chi connectivity index (χ2n) is 7.22. The van der Waals surface area contributed by atoms with Gasteiger partial charge >= 0.3 is 0 Å². The third-order valence-electron chi connectivity index (χ3n) is 4.42. The molecule has 1 heterocycles. The maximum atomic E-state index is 4.51. The van der Waals surface area contributed by atoms with E-state index in [1.165, 1.54) is 12.0 Å². The number of nitrogens with zero attached hydrogens (tertiary/aromatic N) is 3. The van der Waals surface area contributed by atoms with Crippen LogP contribution in [0.4, 0.5) is 0 Å². The first kappa shape index (κ1) is 20.0. The summed E-state index contributed by atoms with van der Waals surface area (Å²) in [6.07, 6.45) is 7.16. The quantitative estimate of drug-likeness (QED) is 0.535. The topological polar surface area (TPSA) is 54.2 Å². The highest BCUT2D eigenvalue weighted by molar-refractivity contribution is 5.79. The lowest BCUT2D eigenvalue weighted by atomic mass is 10.0. The van der Waals surface area contributed by atoms with Crippen molar-refractivity contribution >= 4 is 5.96 Å². The summed E-state index contributed by atoms with van der Waals surface area (Å²) < 4.78 is 2.21. The molecular formula is C21H33N5. The van der Waals surface area contributed by atoms with Crippen LogP contribution in [0.25, 0.3) is 0 Å². The van der Waals surface area contributed by atoms with E-state index in [1.54, 1.807) is 0 Å². The summed E-state index contributed by atoms with van der Waals surface area (Å²) in [5.41, 5.74) is 1.29. The Balaban J connectivity index is 1.79. The molecule has 0 aliphatic rings. The van der Waals surface area contributed by atoms with E-state index in [2.05, 4.69) is 70.2 Å². The van der Waals surface area contributed by atoms with Gasteiger partial charge in [0.05, 0.1) is 0 Å². The minimum absolute atomic E-state index is 0.420. The molecule has 1 aromatic heterocycles. The summed E-state index contributed by atoms with van der Waals surface area (Å²) in [5.74, 6) is 2.68. The van der Waals surface area contributed by atoms with Crippen molar-refractivity contribution in [2.75, 3.05) is 13.6 Å². The lowest BCUT2D eigenvalue weighted by molar-refractivity contribution is 0.489. The monoisotopic (exact) mass is 355 g/mol. The van der Waals surface area contributed by atoms with Gasteiger partial charge in [-0.2, -0.15) is 0 Å². The molecule has 0 bridgehead atoms. The lowest BCUT2D eigenvalue weighted by Gasteiger charge is -2.18. The summed E-state index contributed by atoms with van der Waals surface area (Å²) in [6.45, 7) is 8.40. The Kier molecular flexibility index (Phi) is 8.19. The first-order valence-electron chi connectivity index (χ1n) is 9.59. The van der Waals surface area contributed by atoms with Gasteiger partial charge in [0.1, 0.15) is 5.82 Å². The van der Waals surface area contributed by atoms with Gasteiger partial charge in [0.25, 0.3) is 0 Å². The molecular weight excluding hydrogens is 322 g/mol. The Bertz CT molecular complexity index is 660. The molecule has 142 valence electrons. The number of aliphatic imine (C=N–C) groups is 1. The highest BCUT2D eigenvalue weighted by Gasteiger charge is 2.08. The molecule has 0 radical (unpaired) electrons. The fourth-order valence-electron chi connectivity index (χ4n) is 2.87. The van der Waals surface area contributed by atoms with Gasteiger partial charge in [0.15, 0.2) is 5.96 Å². The fourth-order valence-corrected chi connectivity index (χ4v) is 2.87. The van der Waals surface area contributed by atoms with Crippen LogP contribution in [0.1, 0.15) is 45.0 Å². The highest BCUT2D eigenvalue weighted by Crippen LogP contribution is 2.07. The van der Waals surface area contributed by atoms with E-state index in [0.717, 1.165) is 43.6 Å². The minimum atomic E-state index is 0.420. The van der Waals surface area contributed by atoms with Crippen molar-refractivity contribution in [3.8, 4) is 0 Å². The average molecular weight is 356 g/mol. The number of guanidine groups is 1. The molecule has 2 rings (SSSR count). The predicted molar refractivity (Wildman–Crippen MR) is 110 cm³/mol. The van der Waals surface area contributed by atoms with Crippen molar-refractivity contribution in [1.29, 1.82) is 0 Å². The molecule has 0 spiro atoms. The van der Waals surface area contributed by atoms with Gasteiger partial charge in [0, 0.05) is 45.0 Å². The standard InChI is InChI=1S/C21H33N5/c1-17(2)10-11-18(3)25-21(22-4)24-13-12-20-23-14-15-26(20)16-19-8-6-5-7-9-19/h5-9,14-15,17-18H,10-13,16H2,1-4H3,(H2,22,24,25). The van der Waals surface area contributed by atoms with Gasteiger partial charge < -0.3 is 15.2 Å². The van der Waals surface area contributed by atoms with Gasteiger partial charge in [-0.3, -0.25) is 4.99 Å².